The SMILES string of the molecule is CNS(=O)(=O)c1ccc(C(=O)Nc2ccc3c(c2)CCN3C(C)=O)cc1. The molecule has 0 bridgehead atoms. The van der Waals surface area contributed by atoms with E-state index in [1.165, 1.54) is 38.2 Å². The Kier molecular flexibility index (Phi) is 4.80. The molecule has 8 heteroatoms. The second kappa shape index (κ2) is 6.89. The molecule has 0 fully saturated rings. The van der Waals surface area contributed by atoms with Gasteiger partial charge in [-0.25, -0.2) is 13.1 Å². The highest BCUT2D eigenvalue weighted by Crippen LogP contribution is 2.30. The minimum Gasteiger partial charge on any atom is -0.322 e. The van der Waals surface area contributed by atoms with Gasteiger partial charge in [-0.15, -0.1) is 0 Å². The molecule has 3 rings (SSSR count). The molecule has 0 aliphatic carbocycles. The highest BCUT2D eigenvalue weighted by atomic mass is 32.2. The summed E-state index contributed by atoms with van der Waals surface area (Å²) < 4.78 is 25.7. The van der Waals surface area contributed by atoms with Crippen LogP contribution in [0.5, 0.6) is 0 Å². The van der Waals surface area contributed by atoms with E-state index >= 15 is 0 Å². The van der Waals surface area contributed by atoms with Gasteiger partial charge in [0.25, 0.3) is 5.91 Å². The second-order valence-electron chi connectivity index (χ2n) is 5.95. The number of hydrogen-bond donors (Lipinski definition) is 2. The Bertz CT molecular complexity index is 968. The molecule has 2 aromatic carbocycles. The molecule has 1 heterocycles. The first-order valence-electron chi connectivity index (χ1n) is 8.08. The molecule has 2 aromatic rings. The number of fused-ring (bicyclic) bond motifs is 1. The van der Waals surface area contributed by atoms with Gasteiger partial charge in [-0.3, -0.25) is 9.59 Å². The van der Waals surface area contributed by atoms with Gasteiger partial charge in [-0.2, -0.15) is 0 Å². The Labute approximate surface area is 152 Å². The Morgan fingerprint density at radius 2 is 1.77 bits per heavy atom. The highest BCUT2D eigenvalue weighted by molar-refractivity contribution is 7.89. The summed E-state index contributed by atoms with van der Waals surface area (Å²) in [6.07, 6.45) is 0.745. The van der Waals surface area contributed by atoms with Crippen LogP contribution in [0.1, 0.15) is 22.8 Å². The Hall–Kier alpha value is -2.71. The summed E-state index contributed by atoms with van der Waals surface area (Å²) in [6.45, 7) is 2.17. The van der Waals surface area contributed by atoms with Crippen LogP contribution in [-0.2, 0) is 21.2 Å². The fraction of sp³-hybridized carbons (Fsp3) is 0.222. The maximum absolute atomic E-state index is 12.4. The number of rotatable bonds is 4. The molecule has 0 atom stereocenters. The number of benzene rings is 2. The Morgan fingerprint density at radius 3 is 2.38 bits per heavy atom. The predicted molar refractivity (Wildman–Crippen MR) is 98.8 cm³/mol. The van der Waals surface area contributed by atoms with E-state index in [2.05, 4.69) is 10.0 Å². The zero-order chi connectivity index (χ0) is 18.9. The zero-order valence-electron chi connectivity index (χ0n) is 14.4. The monoisotopic (exact) mass is 373 g/mol. The van der Waals surface area contributed by atoms with Crippen LogP contribution in [0.25, 0.3) is 0 Å². The van der Waals surface area contributed by atoms with Crippen LogP contribution >= 0.6 is 0 Å². The molecule has 136 valence electrons. The fourth-order valence-corrected chi connectivity index (χ4v) is 3.64. The molecule has 2 amide bonds. The summed E-state index contributed by atoms with van der Waals surface area (Å²) in [7, 11) is -2.20. The molecule has 26 heavy (non-hydrogen) atoms. The van der Waals surface area contributed by atoms with Crippen molar-refractivity contribution in [3.05, 3.63) is 53.6 Å². The number of nitrogens with zero attached hydrogens (tertiary/aromatic N) is 1. The van der Waals surface area contributed by atoms with E-state index in [1.54, 1.807) is 11.0 Å². The van der Waals surface area contributed by atoms with E-state index in [0.717, 1.165) is 17.7 Å². The van der Waals surface area contributed by atoms with Crippen LogP contribution in [0, 0.1) is 0 Å². The highest BCUT2D eigenvalue weighted by Gasteiger charge is 2.22. The molecule has 1 aliphatic heterocycles. The van der Waals surface area contributed by atoms with Crippen molar-refractivity contribution >= 4 is 33.2 Å². The van der Waals surface area contributed by atoms with E-state index in [9.17, 15) is 18.0 Å². The van der Waals surface area contributed by atoms with Gasteiger partial charge in [0.15, 0.2) is 0 Å². The third kappa shape index (κ3) is 3.47. The van der Waals surface area contributed by atoms with Crippen molar-refractivity contribution < 1.29 is 18.0 Å². The van der Waals surface area contributed by atoms with Crippen LogP contribution in [0.2, 0.25) is 0 Å². The number of anilines is 2. The molecule has 0 saturated heterocycles. The minimum absolute atomic E-state index is 0.00264. The molecule has 7 nitrogen and oxygen atoms in total. The third-order valence-electron chi connectivity index (χ3n) is 4.31. The third-order valence-corrected chi connectivity index (χ3v) is 5.74. The van der Waals surface area contributed by atoms with Gasteiger partial charge in [0.1, 0.15) is 0 Å². The van der Waals surface area contributed by atoms with Gasteiger partial charge in [0.05, 0.1) is 4.90 Å². The summed E-state index contributed by atoms with van der Waals surface area (Å²) in [5, 5.41) is 2.80. The lowest BCUT2D eigenvalue weighted by atomic mass is 10.1. The predicted octanol–water partition coefficient (Wildman–Crippen LogP) is 1.76. The summed E-state index contributed by atoms with van der Waals surface area (Å²) in [4.78, 5) is 25.8. The van der Waals surface area contributed by atoms with E-state index in [1.807, 2.05) is 12.1 Å². The number of carbonyl (C=O) groups is 2. The van der Waals surface area contributed by atoms with Crippen molar-refractivity contribution in [1.82, 2.24) is 4.72 Å². The van der Waals surface area contributed by atoms with Crippen molar-refractivity contribution in [3.63, 3.8) is 0 Å². The number of sulfonamides is 1. The van der Waals surface area contributed by atoms with Crippen molar-refractivity contribution in [3.8, 4) is 0 Å². The molecule has 1 aliphatic rings. The first-order chi connectivity index (χ1) is 12.3. The molecule has 0 saturated carbocycles. The molecule has 0 aromatic heterocycles. The number of nitrogens with one attached hydrogen (secondary N) is 2. The van der Waals surface area contributed by atoms with Crippen molar-refractivity contribution in [2.45, 2.75) is 18.2 Å². The summed E-state index contributed by atoms with van der Waals surface area (Å²) in [5.74, 6) is -0.336. The van der Waals surface area contributed by atoms with E-state index in [-0.39, 0.29) is 16.7 Å². The Morgan fingerprint density at radius 1 is 1.08 bits per heavy atom. The number of hydrogen-bond acceptors (Lipinski definition) is 4. The molecule has 0 radical (unpaired) electrons. The average Bonchev–Trinajstić information content (AvgIpc) is 3.05. The van der Waals surface area contributed by atoms with E-state index < -0.39 is 10.0 Å². The first-order valence-corrected chi connectivity index (χ1v) is 9.56. The number of amides is 2. The second-order valence-corrected chi connectivity index (χ2v) is 7.84. The van der Waals surface area contributed by atoms with Crippen LogP contribution in [0.4, 0.5) is 11.4 Å². The minimum atomic E-state index is -3.53. The summed E-state index contributed by atoms with van der Waals surface area (Å²) >= 11 is 0. The van der Waals surface area contributed by atoms with Gasteiger partial charge in [-0.1, -0.05) is 0 Å². The van der Waals surface area contributed by atoms with Crippen molar-refractivity contribution in [2.24, 2.45) is 0 Å². The summed E-state index contributed by atoms with van der Waals surface area (Å²) in [5.41, 5.74) is 2.86. The lowest BCUT2D eigenvalue weighted by molar-refractivity contribution is -0.116. The molecular weight excluding hydrogens is 354 g/mol. The first kappa shape index (κ1) is 18.1. The van der Waals surface area contributed by atoms with Gasteiger partial charge < -0.3 is 10.2 Å². The molecule has 0 unspecified atom stereocenters. The fourth-order valence-electron chi connectivity index (χ4n) is 2.91. The van der Waals surface area contributed by atoms with E-state index in [0.29, 0.717) is 17.8 Å². The maximum Gasteiger partial charge on any atom is 0.255 e. The Balaban J connectivity index is 1.76. The standard InChI is InChI=1S/C18H19N3O4S/c1-12(22)21-10-9-14-11-15(5-8-17(14)21)20-18(23)13-3-6-16(7-4-13)26(24,25)19-2/h3-8,11,19H,9-10H2,1-2H3,(H,20,23). The lowest BCUT2D eigenvalue weighted by Gasteiger charge is -2.15. The lowest BCUT2D eigenvalue weighted by Crippen LogP contribution is -2.25. The van der Waals surface area contributed by atoms with E-state index in [4.69, 9.17) is 0 Å². The van der Waals surface area contributed by atoms with Crippen LogP contribution < -0.4 is 14.9 Å². The van der Waals surface area contributed by atoms with Gasteiger partial charge >= 0.3 is 0 Å². The molecule has 0 spiro atoms. The topological polar surface area (TPSA) is 95.6 Å². The summed E-state index contributed by atoms with van der Waals surface area (Å²) in [6, 6.07) is 11.1. The van der Waals surface area contributed by atoms with Gasteiger partial charge in [0.2, 0.25) is 15.9 Å². The van der Waals surface area contributed by atoms with Crippen LogP contribution in [-0.4, -0.2) is 33.8 Å². The quantitative estimate of drug-likeness (QED) is 0.854. The maximum atomic E-state index is 12.4. The van der Waals surface area contributed by atoms with Crippen LogP contribution in [0.15, 0.2) is 47.4 Å². The normalized spacial score (nSPS) is 13.4. The molecule has 2 N–H and O–H groups in total. The zero-order valence-corrected chi connectivity index (χ0v) is 15.3. The number of carbonyl (C=O) groups excluding carboxylic acids is 2. The average molecular weight is 373 g/mol. The molecular formula is C18H19N3O4S. The van der Waals surface area contributed by atoms with Gasteiger partial charge in [-0.05, 0) is 61.5 Å². The largest absolute Gasteiger partial charge is 0.322 e. The van der Waals surface area contributed by atoms with Crippen molar-refractivity contribution in [1.29, 1.82) is 0 Å². The van der Waals surface area contributed by atoms with Gasteiger partial charge in [0, 0.05) is 30.4 Å². The van der Waals surface area contributed by atoms with Crippen LogP contribution in [0.3, 0.4) is 0 Å². The smallest absolute Gasteiger partial charge is 0.255 e. The van der Waals surface area contributed by atoms with Crippen molar-refractivity contribution in [2.75, 3.05) is 23.8 Å².